The summed E-state index contributed by atoms with van der Waals surface area (Å²) in [5.41, 5.74) is 1.38. The van der Waals surface area contributed by atoms with Gasteiger partial charge in [-0.25, -0.2) is 9.78 Å². The Balaban J connectivity index is 2.72. The van der Waals surface area contributed by atoms with E-state index in [0.717, 1.165) is 5.52 Å². The Morgan fingerprint density at radius 2 is 2.13 bits per heavy atom. The number of hydrogen-bond donors (Lipinski definition) is 1. The smallest absolute Gasteiger partial charge is 0.380 e. The van der Waals surface area contributed by atoms with E-state index < -0.39 is 11.8 Å². The van der Waals surface area contributed by atoms with Crippen molar-refractivity contribution in [3.05, 3.63) is 35.9 Å². The van der Waals surface area contributed by atoms with E-state index in [1.165, 1.54) is 4.40 Å². The van der Waals surface area contributed by atoms with Crippen LogP contribution < -0.4 is 0 Å². The molecular formula is C10H8N2O3. The summed E-state index contributed by atoms with van der Waals surface area (Å²) in [5, 5.41) is 8.60. The van der Waals surface area contributed by atoms with Crippen LogP contribution in [-0.2, 0) is 4.79 Å². The van der Waals surface area contributed by atoms with E-state index in [4.69, 9.17) is 5.11 Å². The minimum atomic E-state index is -1.49. The highest BCUT2D eigenvalue weighted by molar-refractivity contribution is 6.38. The van der Waals surface area contributed by atoms with Crippen LogP contribution in [0, 0.1) is 6.92 Å². The second-order valence-electron chi connectivity index (χ2n) is 3.11. The third-order valence-electron chi connectivity index (χ3n) is 2.13. The number of carboxylic acids is 1. The fourth-order valence-electron chi connectivity index (χ4n) is 1.45. The Hall–Kier alpha value is -2.17. The number of aromatic nitrogens is 2. The van der Waals surface area contributed by atoms with Gasteiger partial charge in [0, 0.05) is 6.20 Å². The fraction of sp³-hybridized carbons (Fsp3) is 0.100. The molecule has 1 N–H and O–H groups in total. The molecule has 5 heteroatoms. The Labute approximate surface area is 85.0 Å². The highest BCUT2D eigenvalue weighted by Gasteiger charge is 2.21. The number of pyridine rings is 1. The second-order valence-corrected chi connectivity index (χ2v) is 3.11. The zero-order chi connectivity index (χ0) is 11.0. The molecule has 2 heterocycles. The lowest BCUT2D eigenvalue weighted by Crippen LogP contribution is -2.16. The molecule has 0 fully saturated rings. The maximum atomic E-state index is 11.3. The maximum Gasteiger partial charge on any atom is 0.380 e. The van der Waals surface area contributed by atoms with Gasteiger partial charge in [0.2, 0.25) is 0 Å². The molecule has 0 atom stereocenters. The number of imidazole rings is 1. The third kappa shape index (κ3) is 1.38. The van der Waals surface area contributed by atoms with Crippen LogP contribution in [0.5, 0.6) is 0 Å². The standard InChI is InChI=1S/C10H8N2O3/c1-6-7-4-2-3-5-12(7)9(11-6)8(13)10(14)15/h2-5H,1H3,(H,14,15). The number of aryl methyl sites for hydroxylation is 1. The number of carbonyl (C=O) groups is 2. The number of rotatable bonds is 2. The molecule has 0 saturated carbocycles. The van der Waals surface area contributed by atoms with E-state index >= 15 is 0 Å². The highest BCUT2D eigenvalue weighted by Crippen LogP contribution is 2.12. The summed E-state index contributed by atoms with van der Waals surface area (Å²) in [6, 6.07) is 5.30. The van der Waals surface area contributed by atoms with Crippen molar-refractivity contribution in [2.24, 2.45) is 0 Å². The molecule has 0 aromatic carbocycles. The van der Waals surface area contributed by atoms with Crippen LogP contribution in [0.2, 0.25) is 0 Å². The monoisotopic (exact) mass is 204 g/mol. The molecule has 0 saturated heterocycles. The molecule has 0 radical (unpaired) electrons. The topological polar surface area (TPSA) is 71.7 Å². The molecule has 0 unspecified atom stereocenters. The Morgan fingerprint density at radius 1 is 1.40 bits per heavy atom. The van der Waals surface area contributed by atoms with Crippen LogP contribution in [0.3, 0.4) is 0 Å². The molecular weight excluding hydrogens is 196 g/mol. The lowest BCUT2D eigenvalue weighted by Gasteiger charge is -1.95. The largest absolute Gasteiger partial charge is 0.475 e. The first-order chi connectivity index (χ1) is 7.11. The summed E-state index contributed by atoms with van der Waals surface area (Å²) in [7, 11) is 0. The van der Waals surface area contributed by atoms with Crippen molar-refractivity contribution in [3.8, 4) is 0 Å². The number of hydrogen-bond acceptors (Lipinski definition) is 3. The van der Waals surface area contributed by atoms with Crippen LogP contribution in [0.15, 0.2) is 24.4 Å². The number of ketones is 1. The zero-order valence-corrected chi connectivity index (χ0v) is 7.97. The summed E-state index contributed by atoms with van der Waals surface area (Å²) in [6.45, 7) is 1.73. The van der Waals surface area contributed by atoms with Gasteiger partial charge in [-0.1, -0.05) is 6.07 Å². The number of Topliss-reactive ketones (excluding diaryl/α,β-unsaturated/α-hetero) is 1. The van der Waals surface area contributed by atoms with E-state index in [2.05, 4.69) is 4.98 Å². The van der Waals surface area contributed by atoms with Crippen molar-refractivity contribution >= 4 is 17.3 Å². The minimum Gasteiger partial charge on any atom is -0.475 e. The van der Waals surface area contributed by atoms with Crippen LogP contribution in [0.1, 0.15) is 16.3 Å². The first kappa shape index (κ1) is 9.39. The predicted octanol–water partition coefficient (Wildman–Crippen LogP) is 0.910. The minimum absolute atomic E-state index is 0.0596. The molecule has 0 amide bonds. The summed E-state index contributed by atoms with van der Waals surface area (Å²) in [4.78, 5) is 25.8. The Bertz CT molecular complexity index is 557. The van der Waals surface area contributed by atoms with Gasteiger partial charge in [-0.2, -0.15) is 0 Å². The zero-order valence-electron chi connectivity index (χ0n) is 7.97. The summed E-state index contributed by atoms with van der Waals surface area (Å²) in [5.74, 6) is -2.55. The van der Waals surface area contributed by atoms with Gasteiger partial charge in [0.1, 0.15) is 0 Å². The van der Waals surface area contributed by atoms with Crippen molar-refractivity contribution in [2.45, 2.75) is 6.92 Å². The van der Waals surface area contributed by atoms with Crippen LogP contribution in [-0.4, -0.2) is 26.2 Å². The Kier molecular flexibility index (Phi) is 2.00. The van der Waals surface area contributed by atoms with Crippen molar-refractivity contribution in [1.82, 2.24) is 9.38 Å². The molecule has 0 aliphatic heterocycles. The number of carbonyl (C=O) groups excluding carboxylic acids is 1. The van der Waals surface area contributed by atoms with E-state index in [-0.39, 0.29) is 5.82 Å². The van der Waals surface area contributed by atoms with Gasteiger partial charge in [-0.15, -0.1) is 0 Å². The summed E-state index contributed by atoms with van der Waals surface area (Å²) < 4.78 is 1.48. The molecule has 5 nitrogen and oxygen atoms in total. The van der Waals surface area contributed by atoms with Crippen molar-refractivity contribution < 1.29 is 14.7 Å². The molecule has 15 heavy (non-hydrogen) atoms. The van der Waals surface area contributed by atoms with E-state index in [0.29, 0.717) is 5.69 Å². The fourth-order valence-corrected chi connectivity index (χ4v) is 1.45. The van der Waals surface area contributed by atoms with E-state index in [1.54, 1.807) is 31.3 Å². The number of carboxylic acid groups (broad SMARTS) is 1. The average molecular weight is 204 g/mol. The van der Waals surface area contributed by atoms with Gasteiger partial charge in [0.05, 0.1) is 11.2 Å². The van der Waals surface area contributed by atoms with Gasteiger partial charge in [-0.05, 0) is 19.1 Å². The quantitative estimate of drug-likeness (QED) is 0.583. The van der Waals surface area contributed by atoms with Crippen molar-refractivity contribution in [2.75, 3.05) is 0 Å². The van der Waals surface area contributed by atoms with Gasteiger partial charge in [-0.3, -0.25) is 9.20 Å². The van der Waals surface area contributed by atoms with Gasteiger partial charge in [0.15, 0.2) is 5.82 Å². The van der Waals surface area contributed by atoms with Crippen LogP contribution >= 0.6 is 0 Å². The molecule has 2 aromatic rings. The normalized spacial score (nSPS) is 10.5. The molecule has 0 bridgehead atoms. The molecule has 0 aliphatic rings. The predicted molar refractivity (Wildman–Crippen MR) is 51.9 cm³/mol. The maximum absolute atomic E-state index is 11.3. The number of fused-ring (bicyclic) bond motifs is 1. The third-order valence-corrected chi connectivity index (χ3v) is 2.13. The lowest BCUT2D eigenvalue weighted by molar-refractivity contribution is -0.131. The summed E-state index contributed by atoms with van der Waals surface area (Å²) in [6.07, 6.45) is 1.62. The first-order valence-corrected chi connectivity index (χ1v) is 4.32. The molecule has 0 spiro atoms. The van der Waals surface area contributed by atoms with Crippen molar-refractivity contribution in [1.29, 1.82) is 0 Å². The molecule has 2 aromatic heterocycles. The number of aliphatic carboxylic acids is 1. The second kappa shape index (κ2) is 3.20. The van der Waals surface area contributed by atoms with Crippen LogP contribution in [0.4, 0.5) is 0 Å². The van der Waals surface area contributed by atoms with E-state index in [1.807, 2.05) is 0 Å². The number of nitrogens with zero attached hydrogens (tertiary/aromatic N) is 2. The molecule has 76 valence electrons. The SMILES string of the molecule is Cc1nc(C(=O)C(=O)O)n2ccccc12. The highest BCUT2D eigenvalue weighted by atomic mass is 16.4. The lowest BCUT2D eigenvalue weighted by atomic mass is 10.3. The summed E-state index contributed by atoms with van der Waals surface area (Å²) >= 11 is 0. The average Bonchev–Trinajstić information content (AvgIpc) is 2.56. The van der Waals surface area contributed by atoms with Crippen LogP contribution in [0.25, 0.3) is 5.52 Å². The molecule has 2 rings (SSSR count). The van der Waals surface area contributed by atoms with E-state index in [9.17, 15) is 9.59 Å². The van der Waals surface area contributed by atoms with Gasteiger partial charge in [0.25, 0.3) is 0 Å². The Morgan fingerprint density at radius 3 is 2.80 bits per heavy atom. The first-order valence-electron chi connectivity index (χ1n) is 4.32. The van der Waals surface area contributed by atoms with Gasteiger partial charge >= 0.3 is 11.8 Å². The van der Waals surface area contributed by atoms with Crippen molar-refractivity contribution in [3.63, 3.8) is 0 Å². The molecule has 0 aliphatic carbocycles. The van der Waals surface area contributed by atoms with Gasteiger partial charge < -0.3 is 5.11 Å².